The van der Waals surface area contributed by atoms with Crippen LogP contribution in [0.25, 0.3) is 44.2 Å². The molecule has 2 aliphatic rings. The SMILES string of the molecule is CC(C)CC(NO)C(=O)O.O=C(O)Cc1cc([N+](=O)[O-])c(Cl)c([N+](=O)[O-])c1.O=C(O)c1cccc2cccc(-c3c4ccc(=O)c(O)c-4oc4c(O)c(O)ccc34)c12. The Hall–Kier alpha value is -7.35. The lowest BCUT2D eigenvalue weighted by Gasteiger charge is -2.18. The molecule has 1 aliphatic heterocycles. The van der Waals surface area contributed by atoms with E-state index < -0.39 is 79.3 Å². The molecule has 0 aromatic heterocycles. The number of aromatic hydroxyl groups is 3. The van der Waals surface area contributed by atoms with Gasteiger partial charge in [0, 0.05) is 34.0 Å². The molecule has 1 heterocycles. The van der Waals surface area contributed by atoms with Gasteiger partial charge in [-0.15, -0.1) is 0 Å². The summed E-state index contributed by atoms with van der Waals surface area (Å²) in [5.74, 6) is -4.95. The minimum absolute atomic E-state index is 0.0553. The minimum Gasteiger partial charge on any atom is -0.504 e. The van der Waals surface area contributed by atoms with Crippen molar-refractivity contribution in [1.29, 1.82) is 0 Å². The van der Waals surface area contributed by atoms with Crippen molar-refractivity contribution >= 4 is 62.6 Å². The van der Waals surface area contributed by atoms with E-state index in [0.29, 0.717) is 39.3 Å². The summed E-state index contributed by atoms with van der Waals surface area (Å²) in [6, 6.07) is 16.6. The third-order valence-electron chi connectivity index (χ3n) is 8.36. The number of aromatic carboxylic acids is 1. The maximum absolute atomic E-state index is 12.0. The number of benzene rings is 5. The van der Waals surface area contributed by atoms with Crippen LogP contribution in [0.1, 0.15) is 36.2 Å². The van der Waals surface area contributed by atoms with Crippen molar-refractivity contribution in [3.05, 3.63) is 119 Å². The van der Waals surface area contributed by atoms with E-state index in [1.54, 1.807) is 35.8 Å². The summed E-state index contributed by atoms with van der Waals surface area (Å²) in [5.41, 5.74) is 0.862. The molecule has 4 aromatic rings. The molecule has 0 saturated heterocycles. The summed E-state index contributed by atoms with van der Waals surface area (Å²) in [6.07, 6.45) is -0.120. The number of hydroxylamine groups is 1. The smallest absolute Gasteiger partial charge is 0.336 e. The zero-order valence-corrected chi connectivity index (χ0v) is 30.8. The Balaban J connectivity index is 0.000000232. The highest BCUT2D eigenvalue weighted by molar-refractivity contribution is 6.34. The van der Waals surface area contributed by atoms with Gasteiger partial charge in [-0.05, 0) is 59.2 Å². The molecule has 6 rings (SSSR count). The average Bonchev–Trinajstić information content (AvgIpc) is 3.16. The Bertz CT molecular complexity index is 2580. The molecule has 58 heavy (non-hydrogen) atoms. The Morgan fingerprint density at radius 3 is 1.95 bits per heavy atom. The van der Waals surface area contributed by atoms with Crippen LogP contribution in [0.3, 0.4) is 0 Å². The fourth-order valence-corrected chi connectivity index (χ4v) is 6.10. The molecule has 1 atom stereocenters. The molecule has 8 N–H and O–H groups in total. The van der Waals surface area contributed by atoms with Gasteiger partial charge in [-0.2, -0.15) is 5.48 Å². The van der Waals surface area contributed by atoms with Crippen LogP contribution >= 0.6 is 11.6 Å². The second kappa shape index (κ2) is 18.1. The number of phenolic OH excluding ortho intramolecular Hbond substituents is 3. The molecule has 0 saturated carbocycles. The first kappa shape index (κ1) is 43.4. The molecule has 0 radical (unpaired) electrons. The highest BCUT2D eigenvalue weighted by atomic mass is 35.5. The normalized spacial score (nSPS) is 11.3. The van der Waals surface area contributed by atoms with E-state index >= 15 is 0 Å². The fourth-order valence-electron chi connectivity index (χ4n) is 5.85. The van der Waals surface area contributed by atoms with Crippen molar-refractivity contribution in [2.45, 2.75) is 32.7 Å². The lowest BCUT2D eigenvalue weighted by atomic mass is 9.88. The number of fused-ring (bicyclic) bond motifs is 3. The predicted octanol–water partition coefficient (Wildman–Crippen LogP) is 6.78. The predicted molar refractivity (Wildman–Crippen MR) is 206 cm³/mol. The highest BCUT2D eigenvalue weighted by Crippen LogP contribution is 2.48. The first-order valence-corrected chi connectivity index (χ1v) is 17.0. The number of hydrogen-bond donors (Lipinski definition) is 8. The number of carboxylic acid groups (broad SMARTS) is 3. The van der Waals surface area contributed by atoms with Gasteiger partial charge in [-0.3, -0.25) is 34.6 Å². The maximum Gasteiger partial charge on any atom is 0.336 e. The largest absolute Gasteiger partial charge is 0.504 e. The average molecular weight is 822 g/mol. The Morgan fingerprint density at radius 1 is 0.845 bits per heavy atom. The summed E-state index contributed by atoms with van der Waals surface area (Å²) >= 11 is 5.48. The molecular formula is C38H32ClN3O16. The van der Waals surface area contributed by atoms with Gasteiger partial charge in [-0.1, -0.05) is 55.8 Å². The van der Waals surface area contributed by atoms with Crippen LogP contribution in [0.2, 0.25) is 5.02 Å². The Morgan fingerprint density at radius 2 is 1.45 bits per heavy atom. The van der Waals surface area contributed by atoms with Crippen LogP contribution in [-0.2, 0) is 16.0 Å². The van der Waals surface area contributed by atoms with Crippen molar-refractivity contribution < 1.29 is 64.5 Å². The molecule has 19 nitrogen and oxygen atoms in total. The van der Waals surface area contributed by atoms with Gasteiger partial charge in [0.2, 0.25) is 16.9 Å². The topological polar surface area (TPSA) is 321 Å². The van der Waals surface area contributed by atoms with Crippen molar-refractivity contribution in [1.82, 2.24) is 5.48 Å². The second-order valence-corrected chi connectivity index (χ2v) is 13.2. The zero-order valence-electron chi connectivity index (χ0n) is 30.1. The van der Waals surface area contributed by atoms with Crippen LogP contribution in [-0.4, -0.2) is 69.6 Å². The number of nitro benzene ring substituents is 2. The van der Waals surface area contributed by atoms with E-state index in [-0.39, 0.29) is 28.4 Å². The molecular weight excluding hydrogens is 790 g/mol. The van der Waals surface area contributed by atoms with Gasteiger partial charge >= 0.3 is 17.9 Å². The van der Waals surface area contributed by atoms with Crippen molar-refractivity contribution in [2.75, 3.05) is 0 Å². The van der Waals surface area contributed by atoms with Gasteiger partial charge < -0.3 is 40.3 Å². The van der Waals surface area contributed by atoms with Gasteiger partial charge in [0.25, 0.3) is 11.4 Å². The standard InChI is InChI=1S/C24H14O7.C8H5ClN2O6.C6H13NO3/c25-16-9-7-13-19(12-5-1-3-11-4-2-6-15(18(11)12)24(29)30)14-8-10-17(26)21(28)23(14)31-22(13)20(16)27;9-8-5(10(14)15)1-4(3-7(12)13)2-6(8)11(16)17;1-4(2)3-5(7-10)6(8)9/h1-10,25,27-28H,(H,29,30);1-2H,3H2,(H,12,13);4-5,7,10H,3H2,1-2H3,(H,8,9). The third-order valence-corrected chi connectivity index (χ3v) is 8.74. The third kappa shape index (κ3) is 9.36. The number of nitrogens with zero attached hydrogens (tertiary/aromatic N) is 2. The number of aliphatic carboxylic acids is 2. The first-order valence-electron chi connectivity index (χ1n) is 16.6. The number of carboxylic acids is 3. The molecule has 0 fully saturated rings. The van der Waals surface area contributed by atoms with Crippen molar-refractivity contribution in [3.8, 4) is 39.7 Å². The number of halogens is 1. The Kier molecular flexibility index (Phi) is 13.5. The lowest BCUT2D eigenvalue weighted by Crippen LogP contribution is -2.35. The van der Waals surface area contributed by atoms with Gasteiger partial charge in [-0.25, -0.2) is 4.79 Å². The molecule has 302 valence electrons. The summed E-state index contributed by atoms with van der Waals surface area (Å²) < 4.78 is 5.65. The van der Waals surface area contributed by atoms with Crippen LogP contribution in [0.15, 0.2) is 82.0 Å². The number of rotatable bonds is 10. The van der Waals surface area contributed by atoms with Crippen LogP contribution in [0.5, 0.6) is 17.2 Å². The van der Waals surface area contributed by atoms with E-state index in [0.717, 1.165) is 12.1 Å². The second-order valence-electron chi connectivity index (χ2n) is 12.8. The highest BCUT2D eigenvalue weighted by Gasteiger charge is 2.27. The molecule has 4 aromatic carbocycles. The van der Waals surface area contributed by atoms with Gasteiger partial charge in [0.05, 0.1) is 21.8 Å². The number of hydrogen-bond acceptors (Lipinski definition) is 14. The van der Waals surface area contributed by atoms with Crippen LogP contribution in [0.4, 0.5) is 11.4 Å². The van der Waals surface area contributed by atoms with Gasteiger partial charge in [0.1, 0.15) is 6.04 Å². The van der Waals surface area contributed by atoms with E-state index in [1.807, 2.05) is 13.8 Å². The van der Waals surface area contributed by atoms with Crippen LogP contribution in [0, 0.1) is 26.1 Å². The first-order chi connectivity index (χ1) is 27.3. The number of nitrogens with one attached hydrogen (secondary N) is 1. The number of nitro groups is 2. The van der Waals surface area contributed by atoms with E-state index in [9.17, 15) is 59.8 Å². The molecule has 20 heteroatoms. The summed E-state index contributed by atoms with van der Waals surface area (Å²) in [7, 11) is 0. The maximum atomic E-state index is 12.0. The zero-order chi connectivity index (χ0) is 43.2. The summed E-state index contributed by atoms with van der Waals surface area (Å²) in [5, 5.41) is 87.8. The lowest BCUT2D eigenvalue weighted by molar-refractivity contribution is -0.394. The van der Waals surface area contributed by atoms with Crippen molar-refractivity contribution in [2.24, 2.45) is 5.92 Å². The molecule has 0 bridgehead atoms. The molecule has 0 amide bonds. The fraction of sp³-hybridized carbons (Fsp3) is 0.158. The van der Waals surface area contributed by atoms with Gasteiger partial charge in [0.15, 0.2) is 22.1 Å². The summed E-state index contributed by atoms with van der Waals surface area (Å²) in [4.78, 5) is 64.0. The van der Waals surface area contributed by atoms with Crippen LogP contribution < -0.4 is 10.9 Å². The van der Waals surface area contributed by atoms with E-state index in [2.05, 4.69) is 0 Å². The summed E-state index contributed by atoms with van der Waals surface area (Å²) in [6.45, 7) is 3.79. The van der Waals surface area contributed by atoms with Crippen molar-refractivity contribution in [3.63, 3.8) is 0 Å². The Labute approximate surface area is 329 Å². The van der Waals surface area contributed by atoms with E-state index in [4.69, 9.17) is 31.4 Å². The minimum atomic E-state index is -1.25. The monoisotopic (exact) mass is 821 g/mol. The molecule has 0 spiro atoms. The quantitative estimate of drug-likeness (QED) is 0.0305. The molecule has 1 aliphatic carbocycles. The number of phenols is 3. The van der Waals surface area contributed by atoms with E-state index in [1.165, 1.54) is 30.3 Å². The number of carbonyl (C=O) groups is 3. The molecule has 1 unspecified atom stereocenters.